The smallest absolute Gasteiger partial charge is 0.340 e. The van der Waals surface area contributed by atoms with Crippen LogP contribution in [0, 0.1) is 0 Å². The van der Waals surface area contributed by atoms with Gasteiger partial charge in [0.1, 0.15) is 11.9 Å². The molecule has 2 unspecified atom stereocenters. The van der Waals surface area contributed by atoms with E-state index in [0.717, 1.165) is 6.42 Å². The van der Waals surface area contributed by atoms with Crippen molar-refractivity contribution in [2.45, 2.75) is 45.3 Å². The number of rotatable bonds is 3. The maximum Gasteiger partial charge on any atom is 0.340 e. The largest absolute Gasteiger partial charge is 0.350 e. The lowest BCUT2D eigenvalue weighted by Crippen LogP contribution is -2.44. The number of carbonyl (C=O) groups excluding carboxylic acids is 1. The summed E-state index contributed by atoms with van der Waals surface area (Å²) in [5, 5.41) is 0. The average Bonchev–Trinajstić information content (AvgIpc) is 2.59. The molecule has 1 heterocycles. The fraction of sp³-hybridized carbons (Fsp3) is 0.700. The molecular formula is C10H19N5O. The van der Waals surface area contributed by atoms with Crippen LogP contribution in [-0.4, -0.2) is 41.2 Å². The Balaban J connectivity index is 2.97. The summed E-state index contributed by atoms with van der Waals surface area (Å²) >= 11 is 0. The Morgan fingerprint density at radius 2 is 2.31 bits per heavy atom. The molecule has 6 heteroatoms. The zero-order valence-electron chi connectivity index (χ0n) is 9.92. The van der Waals surface area contributed by atoms with Gasteiger partial charge in [-0.05, 0) is 20.3 Å². The maximum absolute atomic E-state index is 10.9. The van der Waals surface area contributed by atoms with E-state index in [1.165, 1.54) is 0 Å². The monoisotopic (exact) mass is 225 g/mol. The molecule has 0 radical (unpaired) electrons. The molecule has 6 nitrogen and oxygen atoms in total. The first-order chi connectivity index (χ1) is 7.47. The van der Waals surface area contributed by atoms with Crippen molar-refractivity contribution in [1.82, 2.24) is 4.90 Å². The Bertz CT molecular complexity index is 323. The quantitative estimate of drug-likeness (QED) is 0.723. The fourth-order valence-electron chi connectivity index (χ4n) is 1.58. The first-order valence-corrected chi connectivity index (χ1v) is 5.42. The molecule has 0 aliphatic carbocycles. The van der Waals surface area contributed by atoms with Crippen molar-refractivity contribution in [1.29, 1.82) is 0 Å². The normalized spacial score (nSPS) is 24.4. The standard InChI is InChI=1S/C10H19N5O/c1-4-7(11)8-9(14-10(12)16)15(5-13-8)6(2)3/h5-8H,4,11H2,1-3H3,(H2,12,16)/b14-9+. The van der Waals surface area contributed by atoms with Crippen LogP contribution in [0.15, 0.2) is 9.98 Å². The van der Waals surface area contributed by atoms with Crippen LogP contribution in [0.3, 0.4) is 0 Å². The van der Waals surface area contributed by atoms with Gasteiger partial charge in [0.15, 0.2) is 0 Å². The van der Waals surface area contributed by atoms with Gasteiger partial charge < -0.3 is 16.4 Å². The molecular weight excluding hydrogens is 206 g/mol. The Labute approximate surface area is 95.4 Å². The highest BCUT2D eigenvalue weighted by Crippen LogP contribution is 2.15. The van der Waals surface area contributed by atoms with Gasteiger partial charge in [-0.3, -0.25) is 4.99 Å². The summed E-state index contributed by atoms with van der Waals surface area (Å²) in [6.07, 6.45) is 2.44. The number of nitrogens with two attached hydrogens (primary N) is 2. The van der Waals surface area contributed by atoms with Gasteiger partial charge in [0, 0.05) is 12.1 Å². The Morgan fingerprint density at radius 3 is 2.75 bits per heavy atom. The molecule has 2 amide bonds. The molecule has 0 aromatic heterocycles. The van der Waals surface area contributed by atoms with E-state index >= 15 is 0 Å². The molecule has 2 atom stereocenters. The van der Waals surface area contributed by atoms with E-state index in [4.69, 9.17) is 11.5 Å². The van der Waals surface area contributed by atoms with Gasteiger partial charge in [-0.2, -0.15) is 4.99 Å². The van der Waals surface area contributed by atoms with E-state index in [1.807, 2.05) is 25.7 Å². The molecule has 90 valence electrons. The topological polar surface area (TPSA) is 97.1 Å². The molecule has 0 aromatic rings. The molecule has 1 rings (SSSR count). The van der Waals surface area contributed by atoms with Crippen molar-refractivity contribution >= 4 is 18.2 Å². The van der Waals surface area contributed by atoms with Crippen LogP contribution in [0.25, 0.3) is 0 Å². The predicted octanol–water partition coefficient (Wildman–Crippen LogP) is 0.322. The van der Waals surface area contributed by atoms with Crippen LogP contribution >= 0.6 is 0 Å². The van der Waals surface area contributed by atoms with E-state index in [1.54, 1.807) is 6.34 Å². The summed E-state index contributed by atoms with van der Waals surface area (Å²) in [6.45, 7) is 5.95. The summed E-state index contributed by atoms with van der Waals surface area (Å²) in [5.74, 6) is 0.553. The zero-order chi connectivity index (χ0) is 12.3. The van der Waals surface area contributed by atoms with Crippen molar-refractivity contribution in [3.8, 4) is 0 Å². The SMILES string of the molecule is CCC(N)C1N=CN(C(C)C)/C1=N/C(N)=O. The Kier molecular flexibility index (Phi) is 4.00. The van der Waals surface area contributed by atoms with Crippen molar-refractivity contribution < 1.29 is 4.79 Å². The van der Waals surface area contributed by atoms with Gasteiger partial charge in [-0.15, -0.1) is 0 Å². The molecule has 0 aromatic carbocycles. The average molecular weight is 225 g/mol. The number of primary amides is 1. The molecule has 0 saturated heterocycles. The van der Waals surface area contributed by atoms with Crippen LogP contribution in [-0.2, 0) is 0 Å². The van der Waals surface area contributed by atoms with Gasteiger partial charge in [-0.1, -0.05) is 6.92 Å². The summed E-state index contributed by atoms with van der Waals surface area (Å²) in [4.78, 5) is 20.8. The van der Waals surface area contributed by atoms with E-state index in [2.05, 4.69) is 9.98 Å². The van der Waals surface area contributed by atoms with Crippen LogP contribution in [0.1, 0.15) is 27.2 Å². The number of urea groups is 1. The number of aliphatic imine (C=N–C) groups is 2. The maximum atomic E-state index is 10.9. The highest BCUT2D eigenvalue weighted by molar-refractivity contribution is 6.05. The molecule has 0 spiro atoms. The van der Waals surface area contributed by atoms with Crippen molar-refractivity contribution in [3.05, 3.63) is 0 Å². The van der Waals surface area contributed by atoms with E-state index < -0.39 is 6.03 Å². The van der Waals surface area contributed by atoms with E-state index in [0.29, 0.717) is 5.84 Å². The number of hydrogen-bond donors (Lipinski definition) is 2. The summed E-state index contributed by atoms with van der Waals surface area (Å²) < 4.78 is 0. The van der Waals surface area contributed by atoms with Crippen LogP contribution in [0.4, 0.5) is 4.79 Å². The second-order valence-corrected chi connectivity index (χ2v) is 4.09. The van der Waals surface area contributed by atoms with Gasteiger partial charge in [0.2, 0.25) is 0 Å². The minimum Gasteiger partial charge on any atom is -0.350 e. The predicted molar refractivity (Wildman–Crippen MR) is 64.5 cm³/mol. The van der Waals surface area contributed by atoms with E-state index in [-0.39, 0.29) is 18.1 Å². The molecule has 0 fully saturated rings. The van der Waals surface area contributed by atoms with Crippen LogP contribution in [0.2, 0.25) is 0 Å². The highest BCUT2D eigenvalue weighted by atomic mass is 16.2. The van der Waals surface area contributed by atoms with E-state index in [9.17, 15) is 4.79 Å². The number of hydrogen-bond acceptors (Lipinski definition) is 3. The third kappa shape index (κ3) is 2.57. The summed E-state index contributed by atoms with van der Waals surface area (Å²) in [6, 6.07) is -0.937. The Morgan fingerprint density at radius 1 is 1.69 bits per heavy atom. The van der Waals surface area contributed by atoms with Gasteiger partial charge in [-0.25, -0.2) is 4.79 Å². The summed E-state index contributed by atoms with van der Waals surface area (Å²) in [5.41, 5.74) is 11.0. The fourth-order valence-corrected chi connectivity index (χ4v) is 1.58. The molecule has 0 bridgehead atoms. The lowest BCUT2D eigenvalue weighted by Gasteiger charge is -2.24. The van der Waals surface area contributed by atoms with Gasteiger partial charge in [0.25, 0.3) is 0 Å². The summed E-state index contributed by atoms with van der Waals surface area (Å²) in [7, 11) is 0. The highest BCUT2D eigenvalue weighted by Gasteiger charge is 2.32. The van der Waals surface area contributed by atoms with Crippen LogP contribution in [0.5, 0.6) is 0 Å². The second kappa shape index (κ2) is 5.07. The molecule has 1 aliphatic heterocycles. The first kappa shape index (κ1) is 12.6. The van der Waals surface area contributed by atoms with Crippen molar-refractivity contribution in [2.75, 3.05) is 0 Å². The van der Waals surface area contributed by atoms with Gasteiger partial charge >= 0.3 is 6.03 Å². The third-order valence-electron chi connectivity index (χ3n) is 2.54. The number of nitrogens with zero attached hydrogens (tertiary/aromatic N) is 3. The zero-order valence-corrected chi connectivity index (χ0v) is 9.92. The first-order valence-electron chi connectivity index (χ1n) is 5.42. The number of amidine groups is 1. The third-order valence-corrected chi connectivity index (χ3v) is 2.54. The Hall–Kier alpha value is -1.43. The second-order valence-electron chi connectivity index (χ2n) is 4.09. The molecule has 4 N–H and O–H groups in total. The van der Waals surface area contributed by atoms with Crippen molar-refractivity contribution in [2.24, 2.45) is 21.5 Å². The number of amides is 2. The van der Waals surface area contributed by atoms with Crippen molar-refractivity contribution in [3.63, 3.8) is 0 Å². The number of carbonyl (C=O) groups is 1. The lowest BCUT2D eigenvalue weighted by molar-refractivity contribution is 0.256. The minimum atomic E-state index is -0.709. The molecule has 1 aliphatic rings. The lowest BCUT2D eigenvalue weighted by atomic mass is 10.1. The molecule has 16 heavy (non-hydrogen) atoms. The minimum absolute atomic E-state index is 0.141. The van der Waals surface area contributed by atoms with Gasteiger partial charge in [0.05, 0.1) is 6.34 Å². The molecule has 0 saturated carbocycles. The van der Waals surface area contributed by atoms with Crippen LogP contribution < -0.4 is 11.5 Å².